The summed E-state index contributed by atoms with van der Waals surface area (Å²) >= 11 is 3.37. The zero-order valence-corrected chi connectivity index (χ0v) is 10.4. The van der Waals surface area contributed by atoms with Gasteiger partial charge in [0, 0.05) is 21.9 Å². The van der Waals surface area contributed by atoms with Crippen LogP contribution in [0.15, 0.2) is 41.0 Å². The van der Waals surface area contributed by atoms with Crippen molar-refractivity contribution >= 4 is 15.9 Å². The molecule has 1 atom stereocenters. The largest absolute Gasteiger partial charge is 0.496 e. The predicted molar refractivity (Wildman–Crippen MR) is 65.5 cm³/mol. The average Bonchev–Trinajstić information content (AvgIpc) is 2.81. The first-order chi connectivity index (χ1) is 7.72. The number of H-pyrrole nitrogens is 1. The van der Waals surface area contributed by atoms with Crippen molar-refractivity contribution < 1.29 is 9.84 Å². The second-order valence-electron chi connectivity index (χ2n) is 3.41. The van der Waals surface area contributed by atoms with Crippen LogP contribution in [-0.2, 0) is 0 Å². The van der Waals surface area contributed by atoms with Gasteiger partial charge in [0.05, 0.1) is 7.11 Å². The number of aromatic nitrogens is 1. The number of hydrogen-bond acceptors (Lipinski definition) is 2. The van der Waals surface area contributed by atoms with Gasteiger partial charge < -0.3 is 14.8 Å². The van der Waals surface area contributed by atoms with Crippen LogP contribution in [-0.4, -0.2) is 17.2 Å². The lowest BCUT2D eigenvalue weighted by atomic mass is 10.1. The monoisotopic (exact) mass is 281 g/mol. The van der Waals surface area contributed by atoms with Gasteiger partial charge in [-0.05, 0) is 24.3 Å². The van der Waals surface area contributed by atoms with Crippen LogP contribution in [0.1, 0.15) is 17.4 Å². The summed E-state index contributed by atoms with van der Waals surface area (Å²) in [5.41, 5.74) is 1.49. The molecule has 2 N–H and O–H groups in total. The molecule has 2 rings (SSSR count). The Bertz CT molecular complexity index is 468. The van der Waals surface area contributed by atoms with Gasteiger partial charge in [-0.15, -0.1) is 0 Å². The Morgan fingerprint density at radius 1 is 1.38 bits per heavy atom. The number of aliphatic hydroxyl groups is 1. The van der Waals surface area contributed by atoms with E-state index >= 15 is 0 Å². The minimum Gasteiger partial charge on any atom is -0.496 e. The third-order valence-corrected chi connectivity index (χ3v) is 2.90. The SMILES string of the molecule is COc1cc(Br)ccc1C(O)c1ccc[nH]1. The van der Waals surface area contributed by atoms with Crippen LogP contribution in [0.25, 0.3) is 0 Å². The van der Waals surface area contributed by atoms with E-state index in [2.05, 4.69) is 20.9 Å². The van der Waals surface area contributed by atoms with Gasteiger partial charge in [-0.25, -0.2) is 0 Å². The van der Waals surface area contributed by atoms with Gasteiger partial charge in [-0.1, -0.05) is 22.0 Å². The molecule has 0 aliphatic heterocycles. The molecule has 0 fully saturated rings. The summed E-state index contributed by atoms with van der Waals surface area (Å²) in [5, 5.41) is 10.2. The highest BCUT2D eigenvalue weighted by atomic mass is 79.9. The van der Waals surface area contributed by atoms with Crippen LogP contribution < -0.4 is 4.74 Å². The summed E-state index contributed by atoms with van der Waals surface area (Å²) < 4.78 is 6.16. The first-order valence-corrected chi connectivity index (χ1v) is 5.66. The molecule has 0 bridgehead atoms. The molecule has 16 heavy (non-hydrogen) atoms. The van der Waals surface area contributed by atoms with E-state index in [0.29, 0.717) is 5.75 Å². The van der Waals surface area contributed by atoms with Crippen molar-refractivity contribution in [1.29, 1.82) is 0 Å². The molecule has 4 heteroatoms. The van der Waals surface area contributed by atoms with Crippen LogP contribution in [0.3, 0.4) is 0 Å². The average molecular weight is 282 g/mol. The molecule has 2 aromatic rings. The predicted octanol–water partition coefficient (Wildman–Crippen LogP) is 2.87. The fraction of sp³-hybridized carbons (Fsp3) is 0.167. The highest BCUT2D eigenvalue weighted by Gasteiger charge is 2.15. The Morgan fingerprint density at radius 3 is 2.81 bits per heavy atom. The summed E-state index contributed by atoms with van der Waals surface area (Å²) in [5.74, 6) is 0.663. The summed E-state index contributed by atoms with van der Waals surface area (Å²) in [4.78, 5) is 2.98. The summed E-state index contributed by atoms with van der Waals surface area (Å²) in [7, 11) is 1.59. The number of halogens is 1. The maximum Gasteiger partial charge on any atom is 0.126 e. The smallest absolute Gasteiger partial charge is 0.126 e. The molecular weight excluding hydrogens is 270 g/mol. The van der Waals surface area contributed by atoms with Gasteiger partial charge in [-0.2, -0.15) is 0 Å². The van der Waals surface area contributed by atoms with Crippen molar-refractivity contribution in [3.63, 3.8) is 0 Å². The van der Waals surface area contributed by atoms with Gasteiger partial charge in [0.25, 0.3) is 0 Å². The van der Waals surface area contributed by atoms with Crippen molar-refractivity contribution in [2.45, 2.75) is 6.10 Å². The summed E-state index contributed by atoms with van der Waals surface area (Å²) in [6.07, 6.45) is 1.09. The van der Waals surface area contributed by atoms with Crippen molar-refractivity contribution in [3.05, 3.63) is 52.3 Å². The van der Waals surface area contributed by atoms with Gasteiger partial charge in [0.2, 0.25) is 0 Å². The van der Waals surface area contributed by atoms with E-state index in [4.69, 9.17) is 4.74 Å². The zero-order chi connectivity index (χ0) is 11.5. The molecule has 1 unspecified atom stereocenters. The van der Waals surface area contributed by atoms with E-state index in [9.17, 15) is 5.11 Å². The normalized spacial score (nSPS) is 12.4. The lowest BCUT2D eigenvalue weighted by molar-refractivity contribution is 0.210. The fourth-order valence-corrected chi connectivity index (χ4v) is 1.93. The Balaban J connectivity index is 2.40. The van der Waals surface area contributed by atoms with Gasteiger partial charge >= 0.3 is 0 Å². The molecule has 0 radical (unpaired) electrons. The molecule has 1 aromatic carbocycles. The number of rotatable bonds is 3. The van der Waals surface area contributed by atoms with Crippen molar-refractivity contribution in [3.8, 4) is 5.75 Å². The molecule has 3 nitrogen and oxygen atoms in total. The molecular formula is C12H12BrNO2. The van der Waals surface area contributed by atoms with Gasteiger partial charge in [0.1, 0.15) is 11.9 Å². The van der Waals surface area contributed by atoms with Crippen molar-refractivity contribution in [2.75, 3.05) is 7.11 Å². The Kier molecular flexibility index (Phi) is 3.31. The Labute approximate surface area is 102 Å². The van der Waals surface area contributed by atoms with Crippen LogP contribution >= 0.6 is 15.9 Å². The van der Waals surface area contributed by atoms with Gasteiger partial charge in [0.15, 0.2) is 0 Å². The standard InChI is InChI=1S/C12H12BrNO2/c1-16-11-7-8(13)4-5-9(11)12(15)10-3-2-6-14-10/h2-7,12,14-15H,1H3. The summed E-state index contributed by atoms with van der Waals surface area (Å²) in [6.45, 7) is 0. The number of methoxy groups -OCH3 is 1. The first-order valence-electron chi connectivity index (χ1n) is 4.87. The number of ether oxygens (including phenoxy) is 1. The number of hydrogen-bond donors (Lipinski definition) is 2. The minimum absolute atomic E-state index is 0.663. The molecule has 0 aliphatic carbocycles. The van der Waals surface area contributed by atoms with Crippen LogP contribution in [0.4, 0.5) is 0 Å². The van der Waals surface area contributed by atoms with E-state index in [0.717, 1.165) is 15.7 Å². The molecule has 1 aromatic heterocycles. The maximum absolute atomic E-state index is 10.2. The topological polar surface area (TPSA) is 45.2 Å². The molecule has 0 amide bonds. The first kappa shape index (κ1) is 11.2. The number of aromatic amines is 1. The van der Waals surface area contributed by atoms with Crippen molar-refractivity contribution in [1.82, 2.24) is 4.98 Å². The highest BCUT2D eigenvalue weighted by Crippen LogP contribution is 2.31. The third-order valence-electron chi connectivity index (χ3n) is 2.41. The number of aliphatic hydroxyl groups excluding tert-OH is 1. The lowest BCUT2D eigenvalue weighted by Crippen LogP contribution is -2.02. The van der Waals surface area contributed by atoms with E-state index in [1.165, 1.54) is 0 Å². The van der Waals surface area contributed by atoms with Crippen LogP contribution in [0.5, 0.6) is 5.75 Å². The molecule has 1 heterocycles. The second-order valence-corrected chi connectivity index (χ2v) is 4.33. The Morgan fingerprint density at radius 2 is 2.19 bits per heavy atom. The highest BCUT2D eigenvalue weighted by molar-refractivity contribution is 9.10. The Hall–Kier alpha value is -1.26. The van der Waals surface area contributed by atoms with E-state index < -0.39 is 6.10 Å². The third kappa shape index (κ3) is 2.13. The number of nitrogens with one attached hydrogen (secondary N) is 1. The quantitative estimate of drug-likeness (QED) is 0.909. The summed E-state index contributed by atoms with van der Waals surface area (Å²) in [6, 6.07) is 9.25. The van der Waals surface area contributed by atoms with E-state index in [1.54, 1.807) is 13.3 Å². The van der Waals surface area contributed by atoms with Crippen molar-refractivity contribution in [2.24, 2.45) is 0 Å². The number of benzene rings is 1. The molecule has 0 saturated carbocycles. The van der Waals surface area contributed by atoms with E-state index in [1.807, 2.05) is 30.3 Å². The van der Waals surface area contributed by atoms with E-state index in [-0.39, 0.29) is 0 Å². The molecule has 84 valence electrons. The lowest BCUT2D eigenvalue weighted by Gasteiger charge is -2.14. The van der Waals surface area contributed by atoms with Crippen LogP contribution in [0, 0.1) is 0 Å². The fourth-order valence-electron chi connectivity index (χ4n) is 1.59. The molecule has 0 saturated heterocycles. The molecule has 0 aliphatic rings. The zero-order valence-electron chi connectivity index (χ0n) is 8.77. The second kappa shape index (κ2) is 4.72. The maximum atomic E-state index is 10.2. The van der Waals surface area contributed by atoms with Gasteiger partial charge in [-0.3, -0.25) is 0 Å². The minimum atomic E-state index is -0.696. The molecule has 0 spiro atoms. The van der Waals surface area contributed by atoms with Crippen LogP contribution in [0.2, 0.25) is 0 Å².